The first-order valence-electron chi connectivity index (χ1n) is 8.97. The summed E-state index contributed by atoms with van der Waals surface area (Å²) >= 11 is 5.30. The second-order valence-electron chi connectivity index (χ2n) is 6.25. The van der Waals surface area contributed by atoms with Crippen LogP contribution in [-0.4, -0.2) is 21.4 Å². The van der Waals surface area contributed by atoms with Gasteiger partial charge in [0.15, 0.2) is 5.11 Å². The Balaban J connectivity index is 1.76. The smallest absolute Gasteiger partial charge is 0.170 e. The van der Waals surface area contributed by atoms with Crippen LogP contribution < -0.4 is 15.4 Å². The Kier molecular flexibility index (Phi) is 6.08. The van der Waals surface area contributed by atoms with E-state index in [-0.39, 0.29) is 0 Å². The molecule has 0 unspecified atom stereocenters. The first-order valence-corrected chi connectivity index (χ1v) is 9.38. The Hall–Kier alpha value is -2.86. The number of rotatable bonds is 6. The van der Waals surface area contributed by atoms with E-state index < -0.39 is 0 Å². The number of benzene rings is 2. The summed E-state index contributed by atoms with van der Waals surface area (Å²) in [4.78, 5) is 0. The van der Waals surface area contributed by atoms with E-state index in [1.54, 1.807) is 0 Å². The molecule has 0 radical (unpaired) electrons. The van der Waals surface area contributed by atoms with Gasteiger partial charge in [-0.3, -0.25) is 4.68 Å². The first-order chi connectivity index (χ1) is 13.1. The van der Waals surface area contributed by atoms with Gasteiger partial charge in [0.25, 0.3) is 0 Å². The molecule has 1 aromatic heterocycles. The van der Waals surface area contributed by atoms with Crippen LogP contribution in [0.15, 0.2) is 54.6 Å². The minimum Gasteiger partial charge on any atom is -0.457 e. The Morgan fingerprint density at radius 1 is 1.07 bits per heavy atom. The molecular formula is C21H24N4OS. The molecule has 2 N–H and O–H groups in total. The van der Waals surface area contributed by atoms with E-state index in [4.69, 9.17) is 17.0 Å². The van der Waals surface area contributed by atoms with Crippen LogP contribution in [0.1, 0.15) is 23.9 Å². The molecule has 3 rings (SSSR count). The Bertz CT molecular complexity index is 921. The van der Waals surface area contributed by atoms with E-state index in [0.717, 1.165) is 40.7 Å². The van der Waals surface area contributed by atoms with E-state index in [1.807, 2.05) is 74.0 Å². The van der Waals surface area contributed by atoms with E-state index in [0.29, 0.717) is 11.7 Å². The second kappa shape index (κ2) is 8.68. The van der Waals surface area contributed by atoms with Gasteiger partial charge in [0, 0.05) is 6.54 Å². The van der Waals surface area contributed by atoms with Gasteiger partial charge in [-0.15, -0.1) is 0 Å². The number of ether oxygens (including phenoxy) is 1. The monoisotopic (exact) mass is 380 g/mol. The van der Waals surface area contributed by atoms with Crippen molar-refractivity contribution >= 4 is 23.0 Å². The van der Waals surface area contributed by atoms with Crippen LogP contribution in [0, 0.1) is 13.8 Å². The molecule has 27 heavy (non-hydrogen) atoms. The molecular weight excluding hydrogens is 356 g/mol. The summed E-state index contributed by atoms with van der Waals surface area (Å²) in [7, 11) is 0. The van der Waals surface area contributed by atoms with Gasteiger partial charge in [0.05, 0.1) is 23.6 Å². The highest BCUT2D eigenvalue weighted by Crippen LogP contribution is 2.24. The lowest BCUT2D eigenvalue weighted by Crippen LogP contribution is -2.28. The molecule has 3 aromatic rings. The van der Waals surface area contributed by atoms with Crippen LogP contribution in [-0.2, 0) is 6.54 Å². The molecule has 0 saturated carbocycles. The predicted molar refractivity (Wildman–Crippen MR) is 114 cm³/mol. The van der Waals surface area contributed by atoms with Crippen molar-refractivity contribution in [3.8, 4) is 11.5 Å². The fourth-order valence-corrected chi connectivity index (χ4v) is 3.10. The highest BCUT2D eigenvalue weighted by atomic mass is 32.1. The van der Waals surface area contributed by atoms with Crippen LogP contribution in [0.25, 0.3) is 0 Å². The average molecular weight is 381 g/mol. The fourth-order valence-electron chi connectivity index (χ4n) is 2.85. The molecule has 0 fully saturated rings. The second-order valence-corrected chi connectivity index (χ2v) is 6.66. The van der Waals surface area contributed by atoms with Crippen molar-refractivity contribution in [1.82, 2.24) is 15.1 Å². The Morgan fingerprint density at radius 3 is 2.56 bits per heavy atom. The number of hydrogen-bond acceptors (Lipinski definition) is 3. The van der Waals surface area contributed by atoms with Gasteiger partial charge in [-0.05, 0) is 62.8 Å². The number of nitrogens with zero attached hydrogens (tertiary/aromatic N) is 2. The molecule has 0 atom stereocenters. The molecule has 0 saturated heterocycles. The zero-order valence-corrected chi connectivity index (χ0v) is 16.6. The molecule has 6 heteroatoms. The van der Waals surface area contributed by atoms with Crippen molar-refractivity contribution in [2.45, 2.75) is 27.3 Å². The number of nitrogens with one attached hydrogen (secondary N) is 2. The number of aromatic nitrogens is 2. The Labute approximate surface area is 165 Å². The number of hydrogen-bond donors (Lipinski definition) is 2. The zero-order chi connectivity index (χ0) is 19.2. The molecule has 0 aliphatic carbocycles. The van der Waals surface area contributed by atoms with Gasteiger partial charge in [-0.25, -0.2) is 0 Å². The summed E-state index contributed by atoms with van der Waals surface area (Å²) < 4.78 is 7.91. The number of para-hydroxylation sites is 1. The molecule has 0 spiro atoms. The lowest BCUT2D eigenvalue weighted by Gasteiger charge is -2.10. The van der Waals surface area contributed by atoms with Crippen molar-refractivity contribution in [3.05, 3.63) is 71.5 Å². The van der Waals surface area contributed by atoms with Crippen LogP contribution in [0.2, 0.25) is 0 Å². The summed E-state index contributed by atoms with van der Waals surface area (Å²) in [6.45, 7) is 7.48. The molecule has 2 aromatic carbocycles. The molecule has 0 bridgehead atoms. The maximum atomic E-state index is 5.93. The fraction of sp³-hybridized carbons (Fsp3) is 0.238. The van der Waals surface area contributed by atoms with Crippen molar-refractivity contribution in [3.63, 3.8) is 0 Å². The average Bonchev–Trinajstić information content (AvgIpc) is 2.90. The lowest BCUT2D eigenvalue weighted by atomic mass is 10.2. The van der Waals surface area contributed by atoms with Gasteiger partial charge >= 0.3 is 0 Å². The SMILES string of the molecule is CCNC(=S)Nc1c(C)nn(Cc2cccc(Oc3ccccc3)c2)c1C. The van der Waals surface area contributed by atoms with E-state index in [9.17, 15) is 0 Å². The minimum atomic E-state index is 0.613. The summed E-state index contributed by atoms with van der Waals surface area (Å²) in [5.41, 5.74) is 4.04. The van der Waals surface area contributed by atoms with E-state index in [2.05, 4.69) is 21.8 Å². The molecule has 140 valence electrons. The van der Waals surface area contributed by atoms with Crippen LogP contribution in [0.3, 0.4) is 0 Å². The van der Waals surface area contributed by atoms with Gasteiger partial charge in [-0.1, -0.05) is 30.3 Å². The minimum absolute atomic E-state index is 0.613. The molecule has 1 heterocycles. The molecule has 0 aliphatic rings. The molecule has 0 aliphatic heterocycles. The van der Waals surface area contributed by atoms with Crippen molar-refractivity contribution in [2.75, 3.05) is 11.9 Å². The van der Waals surface area contributed by atoms with Crippen molar-refractivity contribution in [2.24, 2.45) is 0 Å². The maximum absolute atomic E-state index is 5.93. The van der Waals surface area contributed by atoms with Gasteiger partial charge < -0.3 is 15.4 Å². The summed E-state index contributed by atoms with van der Waals surface area (Å²) in [6, 6.07) is 17.8. The largest absolute Gasteiger partial charge is 0.457 e. The highest BCUT2D eigenvalue weighted by Gasteiger charge is 2.13. The van der Waals surface area contributed by atoms with Crippen molar-refractivity contribution in [1.29, 1.82) is 0 Å². The van der Waals surface area contributed by atoms with Crippen LogP contribution in [0.4, 0.5) is 5.69 Å². The molecule has 0 amide bonds. The third-order valence-corrected chi connectivity index (χ3v) is 4.41. The third-order valence-electron chi connectivity index (χ3n) is 4.17. The number of thiocarbonyl (C=S) groups is 1. The lowest BCUT2D eigenvalue weighted by molar-refractivity contribution is 0.481. The maximum Gasteiger partial charge on any atom is 0.170 e. The first kappa shape index (κ1) is 18.9. The zero-order valence-electron chi connectivity index (χ0n) is 15.8. The topological polar surface area (TPSA) is 51.1 Å². The summed E-state index contributed by atoms with van der Waals surface area (Å²) in [5, 5.41) is 11.6. The number of aryl methyl sites for hydroxylation is 1. The van der Waals surface area contributed by atoms with E-state index in [1.165, 1.54) is 0 Å². The standard InChI is InChI=1S/C21H24N4OS/c1-4-22-21(27)23-20-15(2)24-25(16(20)3)14-17-9-8-12-19(13-17)26-18-10-6-5-7-11-18/h5-13H,4,14H2,1-3H3,(H2,22,23,27). The van der Waals surface area contributed by atoms with E-state index >= 15 is 0 Å². The third kappa shape index (κ3) is 4.86. The summed E-state index contributed by atoms with van der Waals surface area (Å²) in [6.07, 6.45) is 0. The Morgan fingerprint density at radius 2 is 1.81 bits per heavy atom. The summed E-state index contributed by atoms with van der Waals surface area (Å²) in [5.74, 6) is 1.64. The normalized spacial score (nSPS) is 10.5. The van der Waals surface area contributed by atoms with Gasteiger partial charge in [0.2, 0.25) is 0 Å². The van der Waals surface area contributed by atoms with Gasteiger partial charge in [0.1, 0.15) is 11.5 Å². The van der Waals surface area contributed by atoms with Crippen LogP contribution in [0.5, 0.6) is 11.5 Å². The van der Waals surface area contributed by atoms with Crippen LogP contribution >= 0.6 is 12.2 Å². The van der Waals surface area contributed by atoms with Gasteiger partial charge in [-0.2, -0.15) is 5.10 Å². The quantitative estimate of drug-likeness (QED) is 0.610. The highest BCUT2D eigenvalue weighted by molar-refractivity contribution is 7.80. The predicted octanol–water partition coefficient (Wildman–Crippen LogP) is 4.65. The number of anilines is 1. The molecule has 5 nitrogen and oxygen atoms in total. The van der Waals surface area contributed by atoms with Crippen molar-refractivity contribution < 1.29 is 4.74 Å².